The minimum Gasteiger partial charge on any atom is -0.457 e. The van der Waals surface area contributed by atoms with Crippen LogP contribution < -0.4 is 0 Å². The third kappa shape index (κ3) is 32.1. The summed E-state index contributed by atoms with van der Waals surface area (Å²) in [6.45, 7) is 4.35. The number of ether oxygens (including phenoxy) is 4. The topological polar surface area (TPSA) is 135 Å². The van der Waals surface area contributed by atoms with E-state index in [1.807, 2.05) is 0 Å². The lowest BCUT2D eigenvalue weighted by molar-refractivity contribution is -0.305. The summed E-state index contributed by atoms with van der Waals surface area (Å²) in [7, 11) is 0. The molecule has 9 nitrogen and oxygen atoms in total. The van der Waals surface area contributed by atoms with Gasteiger partial charge in [-0.1, -0.05) is 157 Å². The molecule has 1 aliphatic heterocycles. The minimum atomic E-state index is -1.55. The number of allylic oxidation sites excluding steroid dienone is 14. The van der Waals surface area contributed by atoms with Gasteiger partial charge < -0.3 is 39.4 Å². The van der Waals surface area contributed by atoms with E-state index in [9.17, 15) is 25.2 Å². The van der Waals surface area contributed by atoms with E-state index in [2.05, 4.69) is 98.9 Å². The lowest BCUT2D eigenvalue weighted by Gasteiger charge is -2.39. The predicted molar refractivity (Wildman–Crippen MR) is 247 cm³/mol. The second kappa shape index (κ2) is 41.7. The molecule has 9 heteroatoms. The van der Waals surface area contributed by atoms with Gasteiger partial charge in [-0.05, 0) is 89.9 Å². The number of aliphatic hydroxyl groups excluding tert-OH is 4. The number of carbonyl (C=O) groups is 1. The molecule has 60 heavy (non-hydrogen) atoms. The van der Waals surface area contributed by atoms with Crippen LogP contribution in [0.1, 0.15) is 168 Å². The van der Waals surface area contributed by atoms with Crippen molar-refractivity contribution in [3.05, 3.63) is 85.1 Å². The monoisotopic (exact) mass is 843 g/mol. The summed E-state index contributed by atoms with van der Waals surface area (Å²) < 4.78 is 22.8. The van der Waals surface area contributed by atoms with Crippen LogP contribution >= 0.6 is 0 Å². The smallest absolute Gasteiger partial charge is 0.306 e. The highest BCUT2D eigenvalue weighted by molar-refractivity contribution is 5.69. The van der Waals surface area contributed by atoms with E-state index >= 15 is 0 Å². The van der Waals surface area contributed by atoms with E-state index in [4.69, 9.17) is 18.9 Å². The number of aliphatic hydroxyl groups is 4. The maximum atomic E-state index is 12.8. The van der Waals surface area contributed by atoms with Crippen LogP contribution in [-0.4, -0.2) is 89.6 Å². The minimum absolute atomic E-state index is 0.123. The molecule has 0 aromatic heterocycles. The van der Waals surface area contributed by atoms with Crippen molar-refractivity contribution in [2.24, 2.45) is 0 Å². The van der Waals surface area contributed by atoms with Gasteiger partial charge in [-0.2, -0.15) is 0 Å². The number of esters is 1. The van der Waals surface area contributed by atoms with Gasteiger partial charge in [-0.15, -0.1) is 0 Å². The zero-order valence-corrected chi connectivity index (χ0v) is 37.7. The zero-order valence-electron chi connectivity index (χ0n) is 37.7. The van der Waals surface area contributed by atoms with E-state index in [0.29, 0.717) is 13.0 Å². The van der Waals surface area contributed by atoms with Gasteiger partial charge in [0, 0.05) is 13.0 Å². The summed E-state index contributed by atoms with van der Waals surface area (Å²) >= 11 is 0. The van der Waals surface area contributed by atoms with Crippen LogP contribution in [0.15, 0.2) is 85.1 Å². The molecule has 0 spiro atoms. The van der Waals surface area contributed by atoms with Crippen molar-refractivity contribution >= 4 is 5.97 Å². The Bertz CT molecular complexity index is 1190. The van der Waals surface area contributed by atoms with Gasteiger partial charge in [0.2, 0.25) is 0 Å². The molecule has 344 valence electrons. The average molecular weight is 843 g/mol. The lowest BCUT2D eigenvalue weighted by Crippen LogP contribution is -2.59. The highest BCUT2D eigenvalue weighted by Gasteiger charge is 2.44. The SMILES string of the molecule is CC/C=C\C/C=C\C/C=C\C/C=C\C/C=C\C/C=C\CCCCCCCOCC(COC1OC(CO)C(O)C(O)C1O)OC(=O)CCCCCCC/C=C\CCCCCC. The largest absolute Gasteiger partial charge is 0.457 e. The Kier molecular flexibility index (Phi) is 38.5. The molecule has 0 amide bonds. The van der Waals surface area contributed by atoms with Crippen molar-refractivity contribution in [2.45, 2.75) is 205 Å². The predicted octanol–water partition coefficient (Wildman–Crippen LogP) is 11.0. The Labute approximate surface area is 365 Å². The zero-order chi connectivity index (χ0) is 43.6. The van der Waals surface area contributed by atoms with E-state index in [0.717, 1.165) is 116 Å². The molecule has 6 atom stereocenters. The van der Waals surface area contributed by atoms with Gasteiger partial charge in [0.05, 0.1) is 19.8 Å². The highest BCUT2D eigenvalue weighted by atomic mass is 16.7. The highest BCUT2D eigenvalue weighted by Crippen LogP contribution is 2.22. The Balaban J connectivity index is 2.26. The normalized spacial score (nSPS) is 20.8. The van der Waals surface area contributed by atoms with Gasteiger partial charge in [0.25, 0.3) is 0 Å². The number of hydrogen-bond donors (Lipinski definition) is 4. The Morgan fingerprint density at radius 2 is 1.02 bits per heavy atom. The van der Waals surface area contributed by atoms with Crippen LogP contribution in [0.4, 0.5) is 0 Å². The van der Waals surface area contributed by atoms with Crippen molar-refractivity contribution < 1.29 is 44.2 Å². The summed E-state index contributed by atoms with van der Waals surface area (Å²) in [5.41, 5.74) is 0. The molecule has 1 rings (SSSR count). The van der Waals surface area contributed by atoms with Gasteiger partial charge in [-0.25, -0.2) is 0 Å². The first kappa shape index (κ1) is 55.4. The first-order chi connectivity index (χ1) is 29.4. The van der Waals surface area contributed by atoms with E-state index < -0.39 is 43.4 Å². The van der Waals surface area contributed by atoms with E-state index in [1.54, 1.807) is 0 Å². The molecular formula is C51H86O9. The molecule has 1 fully saturated rings. The molecule has 1 aliphatic rings. The molecule has 1 saturated heterocycles. The van der Waals surface area contributed by atoms with Gasteiger partial charge in [0.1, 0.15) is 30.5 Å². The van der Waals surface area contributed by atoms with E-state index in [1.165, 1.54) is 32.1 Å². The van der Waals surface area contributed by atoms with E-state index in [-0.39, 0.29) is 19.2 Å². The Morgan fingerprint density at radius 3 is 1.55 bits per heavy atom. The second-order valence-electron chi connectivity index (χ2n) is 15.8. The molecule has 0 aromatic rings. The third-order valence-electron chi connectivity index (χ3n) is 10.3. The maximum Gasteiger partial charge on any atom is 0.306 e. The Morgan fingerprint density at radius 1 is 0.550 bits per heavy atom. The molecule has 0 bridgehead atoms. The van der Waals surface area contributed by atoms with Crippen LogP contribution in [0.2, 0.25) is 0 Å². The molecule has 1 heterocycles. The lowest BCUT2D eigenvalue weighted by atomic mass is 9.99. The summed E-state index contributed by atoms with van der Waals surface area (Å²) in [5, 5.41) is 40.1. The van der Waals surface area contributed by atoms with Crippen molar-refractivity contribution in [1.82, 2.24) is 0 Å². The van der Waals surface area contributed by atoms with Crippen molar-refractivity contribution in [3.63, 3.8) is 0 Å². The van der Waals surface area contributed by atoms with Gasteiger partial charge in [-0.3, -0.25) is 4.79 Å². The van der Waals surface area contributed by atoms with Crippen molar-refractivity contribution in [3.8, 4) is 0 Å². The molecule has 0 aromatic carbocycles. The van der Waals surface area contributed by atoms with Gasteiger partial charge >= 0.3 is 5.97 Å². The van der Waals surface area contributed by atoms with Crippen LogP contribution in [0.25, 0.3) is 0 Å². The second-order valence-corrected chi connectivity index (χ2v) is 15.8. The number of rotatable bonds is 39. The molecule has 0 saturated carbocycles. The summed E-state index contributed by atoms with van der Waals surface area (Å²) in [4.78, 5) is 12.8. The molecule has 4 N–H and O–H groups in total. The molecule has 0 radical (unpaired) electrons. The first-order valence-corrected chi connectivity index (χ1v) is 23.7. The van der Waals surface area contributed by atoms with Crippen LogP contribution in [-0.2, 0) is 23.7 Å². The molecule has 0 aliphatic carbocycles. The van der Waals surface area contributed by atoms with Crippen molar-refractivity contribution in [1.29, 1.82) is 0 Å². The van der Waals surface area contributed by atoms with Crippen molar-refractivity contribution in [2.75, 3.05) is 26.4 Å². The summed E-state index contributed by atoms with van der Waals surface area (Å²) in [5.74, 6) is -0.334. The summed E-state index contributed by atoms with van der Waals surface area (Å²) in [6, 6.07) is 0. The number of carbonyl (C=O) groups excluding carboxylic acids is 1. The molecular weight excluding hydrogens is 757 g/mol. The average Bonchev–Trinajstić information content (AvgIpc) is 3.25. The van der Waals surface area contributed by atoms with Crippen LogP contribution in [0.3, 0.4) is 0 Å². The number of hydrogen-bond acceptors (Lipinski definition) is 9. The molecule has 6 unspecified atom stereocenters. The fourth-order valence-electron chi connectivity index (χ4n) is 6.61. The third-order valence-corrected chi connectivity index (χ3v) is 10.3. The van der Waals surface area contributed by atoms with Crippen LogP contribution in [0.5, 0.6) is 0 Å². The maximum absolute atomic E-state index is 12.8. The Hall–Kier alpha value is -2.63. The first-order valence-electron chi connectivity index (χ1n) is 23.7. The van der Waals surface area contributed by atoms with Gasteiger partial charge in [0.15, 0.2) is 6.29 Å². The van der Waals surface area contributed by atoms with Crippen LogP contribution in [0, 0.1) is 0 Å². The number of unbranched alkanes of at least 4 members (excludes halogenated alkanes) is 14. The standard InChI is InChI=1S/C51H86O9/c1-3-5-7-9-11-13-15-17-18-19-20-21-22-23-24-25-26-27-29-31-33-35-37-39-41-57-43-45(44-58-51-50(56)49(55)48(54)46(42-52)60-51)59-47(53)40-38-36-34-32-30-28-16-14-12-10-8-6-4-2/h5,7,11,13-14,16-18,20-21,23-24,26-27,45-46,48-52,54-56H,3-4,6,8-10,12,15,19,22,25,28-44H2,1-2H3/b7-5-,13-11-,16-14-,18-17-,21-20-,24-23-,27-26-. The quantitative estimate of drug-likeness (QED) is 0.0271. The fraction of sp³-hybridized carbons (Fsp3) is 0.706. The fourth-order valence-corrected chi connectivity index (χ4v) is 6.61. The summed E-state index contributed by atoms with van der Waals surface area (Å²) in [6.07, 6.45) is 48.9.